The van der Waals surface area contributed by atoms with Crippen LogP contribution in [0.25, 0.3) is 11.2 Å². The first-order valence-corrected chi connectivity index (χ1v) is 6.95. The minimum Gasteiger partial charge on any atom is -0.394 e. The molecule has 8 nitrogen and oxygen atoms in total. The maximum atomic E-state index is 9.32. The van der Waals surface area contributed by atoms with E-state index in [-0.39, 0.29) is 30.8 Å². The SMILES string of the molecule is CC1CC(n2cnc3c(N(C)C)nc(N)nc32)OC1CO. The van der Waals surface area contributed by atoms with Crippen LogP contribution in [0.3, 0.4) is 0 Å². The molecule has 3 rings (SSSR count). The lowest BCUT2D eigenvalue weighted by Gasteiger charge is -2.15. The van der Waals surface area contributed by atoms with Crippen LogP contribution in [0.4, 0.5) is 11.8 Å². The Morgan fingerprint density at radius 1 is 1.48 bits per heavy atom. The number of hydrogen-bond acceptors (Lipinski definition) is 7. The highest BCUT2D eigenvalue weighted by atomic mass is 16.5. The normalized spacial score (nSPS) is 25.6. The van der Waals surface area contributed by atoms with Crippen LogP contribution in [0, 0.1) is 5.92 Å². The molecule has 0 spiro atoms. The summed E-state index contributed by atoms with van der Waals surface area (Å²) in [6.07, 6.45) is 2.16. The summed E-state index contributed by atoms with van der Waals surface area (Å²) in [7, 11) is 3.77. The average Bonchev–Trinajstić information content (AvgIpc) is 3.00. The molecule has 21 heavy (non-hydrogen) atoms. The minimum atomic E-state index is -0.188. The maximum absolute atomic E-state index is 9.32. The third kappa shape index (κ3) is 2.30. The Bertz CT molecular complexity index is 655. The summed E-state index contributed by atoms with van der Waals surface area (Å²) in [6.45, 7) is 2.08. The van der Waals surface area contributed by atoms with Gasteiger partial charge >= 0.3 is 0 Å². The van der Waals surface area contributed by atoms with Crippen molar-refractivity contribution < 1.29 is 9.84 Å². The van der Waals surface area contributed by atoms with Gasteiger partial charge in [-0.3, -0.25) is 4.57 Å². The van der Waals surface area contributed by atoms with Gasteiger partial charge in [-0.05, 0) is 12.3 Å². The lowest BCUT2D eigenvalue weighted by Crippen LogP contribution is -2.18. The number of nitrogen functional groups attached to an aromatic ring is 1. The van der Waals surface area contributed by atoms with Gasteiger partial charge in [0.05, 0.1) is 19.0 Å². The number of rotatable bonds is 3. The van der Waals surface area contributed by atoms with Crippen molar-refractivity contribution in [3.63, 3.8) is 0 Å². The number of aromatic nitrogens is 4. The number of hydrogen-bond donors (Lipinski definition) is 2. The molecule has 3 atom stereocenters. The summed E-state index contributed by atoms with van der Waals surface area (Å²) in [4.78, 5) is 14.8. The van der Waals surface area contributed by atoms with Gasteiger partial charge in [0.25, 0.3) is 0 Å². The van der Waals surface area contributed by atoms with Gasteiger partial charge in [-0.15, -0.1) is 0 Å². The molecule has 0 radical (unpaired) electrons. The van der Waals surface area contributed by atoms with Crippen molar-refractivity contribution in [1.29, 1.82) is 0 Å². The third-order valence-electron chi connectivity index (χ3n) is 3.87. The molecule has 0 aliphatic carbocycles. The van der Waals surface area contributed by atoms with E-state index < -0.39 is 0 Å². The van der Waals surface area contributed by atoms with E-state index in [0.29, 0.717) is 17.0 Å². The highest BCUT2D eigenvalue weighted by molar-refractivity contribution is 5.84. The number of nitrogens with zero attached hydrogens (tertiary/aromatic N) is 5. The molecular weight excluding hydrogens is 272 g/mol. The van der Waals surface area contributed by atoms with Gasteiger partial charge in [-0.25, -0.2) is 4.98 Å². The van der Waals surface area contributed by atoms with Crippen LogP contribution in [-0.4, -0.2) is 51.4 Å². The van der Waals surface area contributed by atoms with E-state index in [9.17, 15) is 5.11 Å². The van der Waals surface area contributed by atoms with Crippen LogP contribution in [0.2, 0.25) is 0 Å². The number of fused-ring (bicyclic) bond motifs is 1. The fraction of sp³-hybridized carbons (Fsp3) is 0.615. The molecule has 1 aliphatic rings. The van der Waals surface area contributed by atoms with E-state index in [1.165, 1.54) is 0 Å². The standard InChI is InChI=1S/C13H20N6O2/c1-7-4-9(21-8(7)5-20)19-6-15-10-11(18(2)3)16-13(14)17-12(10)19/h6-9,20H,4-5H2,1-3H3,(H2,14,16,17). The van der Waals surface area contributed by atoms with Gasteiger partial charge in [0.15, 0.2) is 17.0 Å². The summed E-state index contributed by atoms with van der Waals surface area (Å²) in [5, 5.41) is 9.32. The quantitative estimate of drug-likeness (QED) is 0.843. The second-order valence-corrected chi connectivity index (χ2v) is 5.65. The second kappa shape index (κ2) is 5.12. The third-order valence-corrected chi connectivity index (χ3v) is 3.87. The average molecular weight is 292 g/mol. The molecule has 8 heteroatoms. The number of aliphatic hydroxyl groups is 1. The molecule has 3 unspecified atom stereocenters. The number of nitrogens with two attached hydrogens (primary N) is 1. The van der Waals surface area contributed by atoms with Crippen LogP contribution in [0.15, 0.2) is 6.33 Å². The Balaban J connectivity index is 2.05. The van der Waals surface area contributed by atoms with Crippen LogP contribution < -0.4 is 10.6 Å². The first kappa shape index (κ1) is 14.0. The van der Waals surface area contributed by atoms with Gasteiger partial charge in [-0.2, -0.15) is 9.97 Å². The number of imidazole rings is 1. The van der Waals surface area contributed by atoms with Crippen LogP contribution in [0.1, 0.15) is 19.6 Å². The van der Waals surface area contributed by atoms with Crippen molar-refractivity contribution in [3.8, 4) is 0 Å². The first-order chi connectivity index (χ1) is 10.0. The largest absolute Gasteiger partial charge is 0.394 e. The summed E-state index contributed by atoms with van der Waals surface area (Å²) < 4.78 is 7.74. The fourth-order valence-corrected chi connectivity index (χ4v) is 2.70. The smallest absolute Gasteiger partial charge is 0.224 e. The topological polar surface area (TPSA) is 102 Å². The number of ether oxygens (including phenoxy) is 1. The Kier molecular flexibility index (Phi) is 3.42. The van der Waals surface area contributed by atoms with Crippen LogP contribution in [0.5, 0.6) is 0 Å². The molecule has 1 fully saturated rings. The number of aliphatic hydroxyl groups excluding tert-OH is 1. The highest BCUT2D eigenvalue weighted by Crippen LogP contribution is 2.35. The highest BCUT2D eigenvalue weighted by Gasteiger charge is 2.34. The lowest BCUT2D eigenvalue weighted by molar-refractivity contribution is -0.0277. The first-order valence-electron chi connectivity index (χ1n) is 6.95. The molecule has 114 valence electrons. The molecule has 1 aliphatic heterocycles. The summed E-state index contributed by atoms with van der Waals surface area (Å²) in [6, 6.07) is 0. The Morgan fingerprint density at radius 2 is 2.24 bits per heavy atom. The van der Waals surface area contributed by atoms with E-state index >= 15 is 0 Å². The van der Waals surface area contributed by atoms with E-state index in [1.54, 1.807) is 6.33 Å². The van der Waals surface area contributed by atoms with Gasteiger partial charge < -0.3 is 20.5 Å². The number of anilines is 2. The predicted octanol–water partition coefficient (Wildman–Crippen LogP) is 0.390. The lowest BCUT2D eigenvalue weighted by atomic mass is 10.0. The van der Waals surface area contributed by atoms with E-state index in [1.807, 2.05) is 23.6 Å². The zero-order chi connectivity index (χ0) is 15.1. The van der Waals surface area contributed by atoms with Gasteiger partial charge in [0, 0.05) is 14.1 Å². The second-order valence-electron chi connectivity index (χ2n) is 5.65. The van der Waals surface area contributed by atoms with E-state index in [4.69, 9.17) is 10.5 Å². The Hall–Kier alpha value is -1.93. The Labute approximate surface area is 122 Å². The zero-order valence-corrected chi connectivity index (χ0v) is 12.4. The molecule has 3 heterocycles. The summed E-state index contributed by atoms with van der Waals surface area (Å²) >= 11 is 0. The fourth-order valence-electron chi connectivity index (χ4n) is 2.70. The molecular formula is C13H20N6O2. The summed E-state index contributed by atoms with van der Waals surface area (Å²) in [5.74, 6) is 1.17. The van der Waals surface area contributed by atoms with Crippen LogP contribution >= 0.6 is 0 Å². The predicted molar refractivity (Wildman–Crippen MR) is 78.8 cm³/mol. The summed E-state index contributed by atoms with van der Waals surface area (Å²) in [5.41, 5.74) is 7.15. The molecule has 0 bridgehead atoms. The van der Waals surface area contributed by atoms with Crippen molar-refractivity contribution in [2.24, 2.45) is 5.92 Å². The molecule has 2 aromatic rings. The van der Waals surface area contributed by atoms with Crippen molar-refractivity contribution in [2.45, 2.75) is 25.7 Å². The minimum absolute atomic E-state index is 0.0182. The molecule has 1 saturated heterocycles. The zero-order valence-electron chi connectivity index (χ0n) is 12.4. The molecule has 0 aromatic carbocycles. The van der Waals surface area contributed by atoms with Crippen LogP contribution in [-0.2, 0) is 4.74 Å². The molecule has 3 N–H and O–H groups in total. The molecule has 2 aromatic heterocycles. The molecule has 0 amide bonds. The van der Waals surface area contributed by atoms with E-state index in [2.05, 4.69) is 21.9 Å². The van der Waals surface area contributed by atoms with Gasteiger partial charge in [-0.1, -0.05) is 6.92 Å². The maximum Gasteiger partial charge on any atom is 0.224 e. The van der Waals surface area contributed by atoms with E-state index in [0.717, 1.165) is 6.42 Å². The van der Waals surface area contributed by atoms with Crippen molar-refractivity contribution in [2.75, 3.05) is 31.3 Å². The Morgan fingerprint density at radius 3 is 2.86 bits per heavy atom. The van der Waals surface area contributed by atoms with Gasteiger partial charge in [0.1, 0.15) is 6.23 Å². The van der Waals surface area contributed by atoms with Crippen molar-refractivity contribution >= 4 is 22.9 Å². The van der Waals surface area contributed by atoms with Crippen molar-refractivity contribution in [3.05, 3.63) is 6.33 Å². The van der Waals surface area contributed by atoms with Crippen molar-refractivity contribution in [1.82, 2.24) is 19.5 Å². The van der Waals surface area contributed by atoms with Gasteiger partial charge in [0.2, 0.25) is 5.95 Å². The molecule has 0 saturated carbocycles. The monoisotopic (exact) mass is 292 g/mol.